The summed E-state index contributed by atoms with van der Waals surface area (Å²) in [5, 5.41) is 7.16. The summed E-state index contributed by atoms with van der Waals surface area (Å²) in [5.41, 5.74) is 2.07. The first-order chi connectivity index (χ1) is 11.7. The van der Waals surface area contributed by atoms with Crippen LogP contribution in [0.5, 0.6) is 5.75 Å². The van der Waals surface area contributed by atoms with Crippen molar-refractivity contribution >= 4 is 11.6 Å². The molecule has 3 aromatic rings. The van der Waals surface area contributed by atoms with Crippen LogP contribution in [-0.4, -0.2) is 27.3 Å². The van der Waals surface area contributed by atoms with Crippen LogP contribution in [0.1, 0.15) is 17.3 Å². The first kappa shape index (κ1) is 15.7. The van der Waals surface area contributed by atoms with E-state index in [2.05, 4.69) is 15.4 Å². The number of carbonyl (C=O) groups excluding carboxylic acids is 1. The third kappa shape index (κ3) is 3.60. The van der Waals surface area contributed by atoms with E-state index in [1.165, 1.54) is 0 Å². The molecule has 0 aliphatic heterocycles. The van der Waals surface area contributed by atoms with Crippen LogP contribution in [0, 0.1) is 0 Å². The zero-order valence-electron chi connectivity index (χ0n) is 13.6. The minimum atomic E-state index is -0.192. The molecule has 1 heterocycles. The Balaban J connectivity index is 1.78. The van der Waals surface area contributed by atoms with E-state index in [9.17, 15) is 4.79 Å². The molecule has 6 heteroatoms. The zero-order chi connectivity index (χ0) is 16.9. The summed E-state index contributed by atoms with van der Waals surface area (Å²) < 4.78 is 7.07. The average molecular weight is 322 g/mol. The molecular formula is C18H18N4O2. The fourth-order valence-corrected chi connectivity index (χ4v) is 2.30. The minimum Gasteiger partial charge on any atom is -0.494 e. The maximum atomic E-state index is 12.4. The van der Waals surface area contributed by atoms with Crippen molar-refractivity contribution in [3.8, 4) is 17.1 Å². The average Bonchev–Trinajstić information content (AvgIpc) is 3.02. The number of ether oxygens (including phenoxy) is 1. The van der Waals surface area contributed by atoms with Crippen molar-refractivity contribution in [1.29, 1.82) is 0 Å². The summed E-state index contributed by atoms with van der Waals surface area (Å²) in [6.45, 7) is 2.47. The molecule has 2 aromatic carbocycles. The second-order valence-corrected chi connectivity index (χ2v) is 5.24. The van der Waals surface area contributed by atoms with Gasteiger partial charge >= 0.3 is 0 Å². The molecule has 1 N–H and O–H groups in total. The predicted octanol–water partition coefficient (Wildman–Crippen LogP) is 3.13. The molecule has 0 atom stereocenters. The van der Waals surface area contributed by atoms with Gasteiger partial charge in [0, 0.05) is 23.9 Å². The van der Waals surface area contributed by atoms with E-state index in [-0.39, 0.29) is 5.91 Å². The summed E-state index contributed by atoms with van der Waals surface area (Å²) in [6.07, 6.45) is 1.64. The molecule has 0 aliphatic carbocycles. The second-order valence-electron chi connectivity index (χ2n) is 5.24. The monoisotopic (exact) mass is 322 g/mol. The molecule has 0 unspecified atom stereocenters. The van der Waals surface area contributed by atoms with E-state index in [0.717, 1.165) is 5.56 Å². The van der Waals surface area contributed by atoms with E-state index in [1.807, 2.05) is 44.3 Å². The Bertz CT molecular complexity index is 857. The Labute approximate surface area is 140 Å². The number of benzene rings is 2. The molecule has 0 spiro atoms. The third-order valence-electron chi connectivity index (χ3n) is 3.39. The van der Waals surface area contributed by atoms with Gasteiger partial charge < -0.3 is 10.1 Å². The molecule has 0 fully saturated rings. The van der Waals surface area contributed by atoms with Gasteiger partial charge in [0.25, 0.3) is 5.91 Å². The van der Waals surface area contributed by atoms with Crippen LogP contribution in [-0.2, 0) is 7.05 Å². The first-order valence-corrected chi connectivity index (χ1v) is 7.66. The van der Waals surface area contributed by atoms with Gasteiger partial charge in [0.2, 0.25) is 0 Å². The smallest absolute Gasteiger partial charge is 0.255 e. The number of aromatic nitrogens is 3. The molecule has 24 heavy (non-hydrogen) atoms. The number of hydrogen-bond acceptors (Lipinski definition) is 4. The van der Waals surface area contributed by atoms with Gasteiger partial charge in [-0.25, -0.2) is 4.98 Å². The number of amides is 1. The summed E-state index contributed by atoms with van der Waals surface area (Å²) in [4.78, 5) is 16.6. The third-order valence-corrected chi connectivity index (χ3v) is 3.39. The van der Waals surface area contributed by atoms with Crippen molar-refractivity contribution < 1.29 is 9.53 Å². The number of carbonyl (C=O) groups is 1. The highest BCUT2D eigenvalue weighted by molar-refractivity contribution is 6.04. The van der Waals surface area contributed by atoms with Crippen LogP contribution in [0.3, 0.4) is 0 Å². The highest BCUT2D eigenvalue weighted by atomic mass is 16.5. The Morgan fingerprint density at radius 2 is 2.04 bits per heavy atom. The molecule has 0 saturated heterocycles. The van der Waals surface area contributed by atoms with E-state index in [0.29, 0.717) is 29.4 Å². The Hall–Kier alpha value is -3.15. The van der Waals surface area contributed by atoms with E-state index < -0.39 is 0 Å². The lowest BCUT2D eigenvalue weighted by Gasteiger charge is -2.08. The minimum absolute atomic E-state index is 0.192. The maximum Gasteiger partial charge on any atom is 0.255 e. The Kier molecular flexibility index (Phi) is 4.56. The van der Waals surface area contributed by atoms with Crippen LogP contribution in [0.15, 0.2) is 54.9 Å². The van der Waals surface area contributed by atoms with Gasteiger partial charge in [0.15, 0.2) is 5.82 Å². The van der Waals surface area contributed by atoms with Crippen LogP contribution in [0.2, 0.25) is 0 Å². The van der Waals surface area contributed by atoms with Gasteiger partial charge in [-0.1, -0.05) is 18.2 Å². The van der Waals surface area contributed by atoms with E-state index >= 15 is 0 Å². The largest absolute Gasteiger partial charge is 0.494 e. The predicted molar refractivity (Wildman–Crippen MR) is 92.0 cm³/mol. The van der Waals surface area contributed by atoms with Crippen LogP contribution in [0.4, 0.5) is 5.69 Å². The Morgan fingerprint density at radius 3 is 2.79 bits per heavy atom. The first-order valence-electron chi connectivity index (χ1n) is 7.66. The van der Waals surface area contributed by atoms with E-state index in [4.69, 9.17) is 4.74 Å². The number of aryl methyl sites for hydroxylation is 1. The quantitative estimate of drug-likeness (QED) is 0.783. The van der Waals surface area contributed by atoms with Crippen LogP contribution >= 0.6 is 0 Å². The highest BCUT2D eigenvalue weighted by Gasteiger charge is 2.09. The lowest BCUT2D eigenvalue weighted by atomic mass is 10.1. The number of hydrogen-bond donors (Lipinski definition) is 1. The number of nitrogens with one attached hydrogen (secondary N) is 1. The summed E-state index contributed by atoms with van der Waals surface area (Å²) in [6, 6.07) is 14.5. The summed E-state index contributed by atoms with van der Waals surface area (Å²) in [7, 11) is 1.81. The molecule has 0 bridgehead atoms. The molecule has 122 valence electrons. The fourth-order valence-electron chi connectivity index (χ4n) is 2.30. The zero-order valence-corrected chi connectivity index (χ0v) is 13.6. The number of anilines is 1. The van der Waals surface area contributed by atoms with Gasteiger partial charge in [-0.15, -0.1) is 0 Å². The molecule has 1 amide bonds. The van der Waals surface area contributed by atoms with Crippen molar-refractivity contribution in [2.24, 2.45) is 7.05 Å². The van der Waals surface area contributed by atoms with Crippen molar-refractivity contribution in [1.82, 2.24) is 14.8 Å². The Morgan fingerprint density at radius 1 is 1.21 bits per heavy atom. The molecule has 0 aliphatic rings. The van der Waals surface area contributed by atoms with Crippen molar-refractivity contribution in [2.75, 3.05) is 11.9 Å². The summed E-state index contributed by atoms with van der Waals surface area (Å²) >= 11 is 0. The van der Waals surface area contributed by atoms with Gasteiger partial charge in [0.05, 0.1) is 6.61 Å². The number of rotatable bonds is 5. The molecular weight excluding hydrogens is 304 g/mol. The standard InChI is InChI=1S/C18H18N4O2/c1-3-24-16-9-5-7-14(11-16)18(23)20-15-8-4-6-13(10-15)17-19-12-22(2)21-17/h4-12H,3H2,1-2H3,(H,20,23). The molecule has 1 aromatic heterocycles. The van der Waals surface area contributed by atoms with Gasteiger partial charge in [0.1, 0.15) is 12.1 Å². The maximum absolute atomic E-state index is 12.4. The molecule has 6 nitrogen and oxygen atoms in total. The lowest BCUT2D eigenvalue weighted by Crippen LogP contribution is -2.12. The van der Waals surface area contributed by atoms with Crippen molar-refractivity contribution in [2.45, 2.75) is 6.92 Å². The highest BCUT2D eigenvalue weighted by Crippen LogP contribution is 2.20. The van der Waals surface area contributed by atoms with Gasteiger partial charge in [-0.05, 0) is 37.3 Å². The van der Waals surface area contributed by atoms with E-state index in [1.54, 1.807) is 29.2 Å². The van der Waals surface area contributed by atoms with Crippen molar-refractivity contribution in [3.63, 3.8) is 0 Å². The SMILES string of the molecule is CCOc1cccc(C(=O)Nc2cccc(-c3ncn(C)n3)c2)c1. The molecule has 3 rings (SSSR count). The molecule has 0 radical (unpaired) electrons. The lowest BCUT2D eigenvalue weighted by molar-refractivity contribution is 0.102. The van der Waals surface area contributed by atoms with Gasteiger partial charge in [-0.2, -0.15) is 5.10 Å². The fraction of sp³-hybridized carbons (Fsp3) is 0.167. The van der Waals surface area contributed by atoms with Crippen LogP contribution in [0.25, 0.3) is 11.4 Å². The number of nitrogens with zero attached hydrogens (tertiary/aromatic N) is 3. The van der Waals surface area contributed by atoms with Gasteiger partial charge in [-0.3, -0.25) is 9.48 Å². The van der Waals surface area contributed by atoms with Crippen molar-refractivity contribution in [3.05, 3.63) is 60.4 Å². The summed E-state index contributed by atoms with van der Waals surface area (Å²) in [5.74, 6) is 1.10. The second kappa shape index (κ2) is 6.95. The normalized spacial score (nSPS) is 10.4. The van der Waals surface area contributed by atoms with Crippen LogP contribution < -0.4 is 10.1 Å². The topological polar surface area (TPSA) is 69.0 Å². The molecule has 0 saturated carbocycles.